The molecule has 13 heteroatoms. The van der Waals surface area contributed by atoms with E-state index in [1.165, 1.54) is 0 Å². The summed E-state index contributed by atoms with van der Waals surface area (Å²) in [6.45, 7) is 4.05. The number of anilines is 4. The predicted molar refractivity (Wildman–Crippen MR) is 158 cm³/mol. The fourth-order valence-corrected chi connectivity index (χ4v) is 7.31. The van der Waals surface area contributed by atoms with Gasteiger partial charge in [0.2, 0.25) is 13.3 Å². The van der Waals surface area contributed by atoms with E-state index in [0.717, 1.165) is 29.5 Å². The van der Waals surface area contributed by atoms with Crippen LogP contribution >= 0.6 is 7.37 Å². The van der Waals surface area contributed by atoms with Crippen LogP contribution < -0.4 is 10.6 Å². The molecule has 3 aromatic rings. The topological polar surface area (TPSA) is 117 Å². The molecule has 43 heavy (non-hydrogen) atoms. The number of benzene rings is 2. The smallest absolute Gasteiger partial charge is 0.393 e. The molecule has 2 aliphatic rings. The van der Waals surface area contributed by atoms with E-state index in [-0.39, 0.29) is 35.7 Å². The number of alkyl halides is 3. The number of aromatic nitrogens is 2. The van der Waals surface area contributed by atoms with Crippen molar-refractivity contribution in [2.45, 2.75) is 63.5 Å². The third-order valence-electron chi connectivity index (χ3n) is 7.87. The molecular formula is C30H35F3N5O4P. The van der Waals surface area contributed by atoms with Crippen LogP contribution in [0, 0.1) is 0 Å². The van der Waals surface area contributed by atoms with Crippen molar-refractivity contribution < 1.29 is 32.2 Å². The van der Waals surface area contributed by atoms with Gasteiger partial charge in [-0.1, -0.05) is 18.2 Å². The second kappa shape index (κ2) is 12.3. The summed E-state index contributed by atoms with van der Waals surface area (Å²) in [5.74, 6) is -0.669. The van der Waals surface area contributed by atoms with Gasteiger partial charge in [-0.3, -0.25) is 9.36 Å². The first-order valence-corrected chi connectivity index (χ1v) is 16.5. The van der Waals surface area contributed by atoms with Crippen LogP contribution in [0.5, 0.6) is 0 Å². The molecular weight excluding hydrogens is 582 g/mol. The van der Waals surface area contributed by atoms with Gasteiger partial charge in [-0.25, -0.2) is 4.98 Å². The highest BCUT2D eigenvalue weighted by atomic mass is 31.2. The largest absolute Gasteiger partial charge is 0.421 e. The Morgan fingerprint density at radius 3 is 2.44 bits per heavy atom. The molecule has 0 spiro atoms. The highest BCUT2D eigenvalue weighted by Crippen LogP contribution is 2.46. The summed E-state index contributed by atoms with van der Waals surface area (Å²) in [6, 6.07) is 10.4. The van der Waals surface area contributed by atoms with Crippen molar-refractivity contribution in [3.63, 3.8) is 0 Å². The summed E-state index contributed by atoms with van der Waals surface area (Å²) in [6.07, 6.45) is -1.21. The molecule has 1 aromatic heterocycles. The lowest BCUT2D eigenvalue weighted by Crippen LogP contribution is -2.18. The lowest BCUT2D eigenvalue weighted by Gasteiger charge is -2.27. The third kappa shape index (κ3) is 7.03. The second-order valence-electron chi connectivity index (χ2n) is 11.2. The number of nitrogens with one attached hydrogen (secondary N) is 2. The van der Waals surface area contributed by atoms with Crippen molar-refractivity contribution in [1.29, 1.82) is 0 Å². The van der Waals surface area contributed by atoms with Gasteiger partial charge >= 0.3 is 6.18 Å². The van der Waals surface area contributed by atoms with Gasteiger partial charge < -0.3 is 25.2 Å². The van der Waals surface area contributed by atoms with E-state index in [0.29, 0.717) is 43.4 Å². The SMILES string of the molecule is CCOP(C)(=O)Cc1ccc(Nc2ncc(C(F)(F)F)c(Nc3ccc([C@H]4CC[C@H](O)CC4)c4c3C(=O)N(C)C4)n2)cc1. The Labute approximate surface area is 248 Å². The lowest BCUT2D eigenvalue weighted by atomic mass is 9.80. The Hall–Kier alpha value is -3.47. The number of nitrogens with zero attached hydrogens (tertiary/aromatic N) is 3. The molecule has 1 unspecified atom stereocenters. The summed E-state index contributed by atoms with van der Waals surface area (Å²) >= 11 is 0. The molecule has 1 atom stereocenters. The number of amides is 1. The van der Waals surface area contributed by atoms with Crippen molar-refractivity contribution in [2.75, 3.05) is 31.0 Å². The van der Waals surface area contributed by atoms with Crippen LogP contribution in [0.15, 0.2) is 42.6 Å². The van der Waals surface area contributed by atoms with Crippen molar-refractivity contribution in [3.05, 3.63) is 70.4 Å². The second-order valence-corrected chi connectivity index (χ2v) is 13.8. The zero-order chi connectivity index (χ0) is 30.9. The Balaban J connectivity index is 1.43. The number of carbonyl (C=O) groups is 1. The Morgan fingerprint density at radius 2 is 1.79 bits per heavy atom. The first-order chi connectivity index (χ1) is 20.3. The van der Waals surface area contributed by atoms with Gasteiger partial charge in [0, 0.05) is 38.3 Å². The maximum Gasteiger partial charge on any atom is 0.421 e. The van der Waals surface area contributed by atoms with E-state index in [1.54, 1.807) is 55.9 Å². The Kier molecular flexibility index (Phi) is 8.83. The van der Waals surface area contributed by atoms with E-state index in [9.17, 15) is 27.6 Å². The minimum absolute atomic E-state index is 0.0730. The van der Waals surface area contributed by atoms with E-state index < -0.39 is 24.9 Å². The molecule has 2 aromatic carbocycles. The van der Waals surface area contributed by atoms with Crippen LogP contribution in [0.1, 0.15) is 71.1 Å². The average molecular weight is 618 g/mol. The van der Waals surface area contributed by atoms with Crippen LogP contribution in [-0.4, -0.2) is 52.3 Å². The maximum atomic E-state index is 14.0. The number of halogens is 3. The molecule has 1 amide bonds. The molecule has 230 valence electrons. The number of rotatable bonds is 9. The summed E-state index contributed by atoms with van der Waals surface area (Å²) in [4.78, 5) is 22.8. The van der Waals surface area contributed by atoms with Crippen molar-refractivity contribution >= 4 is 36.4 Å². The number of fused-ring (bicyclic) bond motifs is 1. The van der Waals surface area contributed by atoms with Gasteiger partial charge in [0.1, 0.15) is 11.4 Å². The fraction of sp³-hybridized carbons (Fsp3) is 0.433. The first kappa shape index (κ1) is 31.0. The zero-order valence-electron chi connectivity index (χ0n) is 24.2. The zero-order valence-corrected chi connectivity index (χ0v) is 25.1. The maximum absolute atomic E-state index is 14.0. The van der Waals surface area contributed by atoms with Crippen LogP contribution in [0.4, 0.5) is 36.3 Å². The first-order valence-electron chi connectivity index (χ1n) is 14.2. The molecule has 2 heterocycles. The van der Waals surface area contributed by atoms with E-state index in [4.69, 9.17) is 4.52 Å². The average Bonchev–Trinajstić information content (AvgIpc) is 3.24. The minimum Gasteiger partial charge on any atom is -0.393 e. The highest BCUT2D eigenvalue weighted by Gasteiger charge is 2.37. The van der Waals surface area contributed by atoms with Crippen LogP contribution in [0.2, 0.25) is 0 Å². The summed E-state index contributed by atoms with van der Waals surface area (Å²) in [5.41, 5.74) is 2.61. The van der Waals surface area contributed by atoms with Gasteiger partial charge in [0.25, 0.3) is 5.91 Å². The molecule has 5 rings (SSSR count). The monoisotopic (exact) mass is 617 g/mol. The van der Waals surface area contributed by atoms with Gasteiger partial charge in [-0.05, 0) is 73.4 Å². The normalized spacial score (nSPS) is 20.1. The molecule has 1 saturated carbocycles. The van der Waals surface area contributed by atoms with Crippen molar-refractivity contribution in [1.82, 2.24) is 14.9 Å². The molecule has 0 radical (unpaired) electrons. The molecule has 0 saturated heterocycles. The highest BCUT2D eigenvalue weighted by molar-refractivity contribution is 7.57. The van der Waals surface area contributed by atoms with E-state index in [1.807, 2.05) is 6.07 Å². The van der Waals surface area contributed by atoms with E-state index in [2.05, 4.69) is 20.6 Å². The van der Waals surface area contributed by atoms with Crippen LogP contribution in [-0.2, 0) is 28.0 Å². The molecule has 1 aliphatic heterocycles. The van der Waals surface area contributed by atoms with E-state index >= 15 is 0 Å². The standard InChI is InChI=1S/C30H35F3N5O4P/c1-4-42-43(3,41)17-18-5-9-20(10-6-18)35-29-34-15-24(30(31,32)33)27(37-29)36-25-14-13-22(19-7-11-21(39)12-8-19)23-16-38(2)28(40)26(23)25/h5-6,9-10,13-15,19,21,39H,4,7-8,11-12,16-17H2,1-3H3,(H2,34,35,36,37)/t19-,21-,43?. The minimum atomic E-state index is -4.75. The summed E-state index contributed by atoms with van der Waals surface area (Å²) in [5, 5.41) is 15.7. The van der Waals surface area contributed by atoms with Crippen molar-refractivity contribution in [2.24, 2.45) is 0 Å². The number of aliphatic hydroxyl groups is 1. The predicted octanol–water partition coefficient (Wildman–Crippen LogP) is 7.03. The molecule has 9 nitrogen and oxygen atoms in total. The quantitative estimate of drug-likeness (QED) is 0.219. The number of hydrogen-bond acceptors (Lipinski definition) is 8. The number of hydrogen-bond donors (Lipinski definition) is 3. The molecule has 1 aliphatic carbocycles. The Morgan fingerprint density at radius 1 is 1.09 bits per heavy atom. The summed E-state index contributed by atoms with van der Waals surface area (Å²) < 4.78 is 59.9. The summed E-state index contributed by atoms with van der Waals surface area (Å²) in [7, 11) is -1.12. The fourth-order valence-electron chi connectivity index (χ4n) is 5.80. The lowest BCUT2D eigenvalue weighted by molar-refractivity contribution is -0.137. The number of carbonyl (C=O) groups excluding carboxylic acids is 1. The van der Waals surface area contributed by atoms with Crippen LogP contribution in [0.3, 0.4) is 0 Å². The third-order valence-corrected chi connectivity index (χ3v) is 9.61. The van der Waals surface area contributed by atoms with Gasteiger partial charge in [0.05, 0.1) is 24.0 Å². The Bertz CT molecular complexity index is 1540. The number of aliphatic hydroxyl groups excluding tert-OH is 1. The molecule has 1 fully saturated rings. The molecule has 3 N–H and O–H groups in total. The van der Waals surface area contributed by atoms with Gasteiger partial charge in [-0.2, -0.15) is 18.2 Å². The molecule has 0 bridgehead atoms. The van der Waals surface area contributed by atoms with Crippen LogP contribution in [0.25, 0.3) is 0 Å². The van der Waals surface area contributed by atoms with Crippen molar-refractivity contribution in [3.8, 4) is 0 Å². The van der Waals surface area contributed by atoms with Gasteiger partial charge in [0.15, 0.2) is 0 Å². The van der Waals surface area contributed by atoms with Gasteiger partial charge in [-0.15, -0.1) is 0 Å².